The van der Waals surface area contributed by atoms with Crippen molar-refractivity contribution in [2.24, 2.45) is 0 Å². The summed E-state index contributed by atoms with van der Waals surface area (Å²) in [5.41, 5.74) is 0. The minimum atomic E-state index is 0.458. The predicted octanol–water partition coefficient (Wildman–Crippen LogP) is 1.43. The summed E-state index contributed by atoms with van der Waals surface area (Å²) in [5.74, 6) is 0. The Balaban J connectivity index is 2.83. The van der Waals surface area contributed by atoms with E-state index >= 15 is 0 Å². The van der Waals surface area contributed by atoms with Crippen LogP contribution in [-0.4, -0.2) is 45.9 Å². The highest BCUT2D eigenvalue weighted by Crippen LogP contribution is 1.88. The molecule has 0 saturated heterocycles. The van der Waals surface area contributed by atoms with Crippen LogP contribution < -0.4 is 0 Å². The summed E-state index contributed by atoms with van der Waals surface area (Å²) in [5, 5.41) is 0. The van der Waals surface area contributed by atoms with Crippen LogP contribution in [0.4, 0.5) is 0 Å². The first-order chi connectivity index (χ1) is 7.41. The van der Waals surface area contributed by atoms with Gasteiger partial charge in [0.15, 0.2) is 0 Å². The molecule has 0 bridgehead atoms. The van der Waals surface area contributed by atoms with Gasteiger partial charge in [0, 0.05) is 13.0 Å². The van der Waals surface area contributed by atoms with Crippen LogP contribution in [0.1, 0.15) is 26.2 Å². The average Bonchev–Trinajstić information content (AvgIpc) is 2.26. The highest BCUT2D eigenvalue weighted by atomic mass is 16.5. The van der Waals surface area contributed by atoms with E-state index in [1.807, 2.05) is 0 Å². The molecule has 0 atom stereocenters. The highest BCUT2D eigenvalue weighted by molar-refractivity contribution is 5.49. The van der Waals surface area contributed by atoms with Crippen LogP contribution >= 0.6 is 0 Å². The van der Waals surface area contributed by atoms with Crippen LogP contribution in [0, 0.1) is 0 Å². The molecule has 0 heterocycles. The van der Waals surface area contributed by atoms with Gasteiger partial charge >= 0.3 is 0 Å². The molecule has 15 heavy (non-hydrogen) atoms. The van der Waals surface area contributed by atoms with E-state index < -0.39 is 0 Å². The molecule has 0 aliphatic rings. The molecular formula is C11H22O4. The van der Waals surface area contributed by atoms with Crippen LogP contribution in [0.2, 0.25) is 0 Å². The summed E-state index contributed by atoms with van der Waals surface area (Å²) in [6.45, 7) is 5.81. The van der Waals surface area contributed by atoms with E-state index in [9.17, 15) is 4.79 Å². The fourth-order valence-electron chi connectivity index (χ4n) is 0.920. The van der Waals surface area contributed by atoms with Crippen LogP contribution in [0.5, 0.6) is 0 Å². The normalized spacial score (nSPS) is 10.5. The molecule has 4 nitrogen and oxygen atoms in total. The maximum atomic E-state index is 9.94. The Hall–Kier alpha value is -0.450. The third kappa shape index (κ3) is 13.6. The lowest BCUT2D eigenvalue weighted by atomic mass is 10.4. The van der Waals surface area contributed by atoms with Crippen molar-refractivity contribution >= 4 is 6.29 Å². The minimum absolute atomic E-state index is 0.458. The molecule has 4 heteroatoms. The van der Waals surface area contributed by atoms with Crippen molar-refractivity contribution in [1.29, 1.82) is 0 Å². The molecule has 0 aromatic rings. The van der Waals surface area contributed by atoms with Crippen molar-refractivity contribution in [3.05, 3.63) is 0 Å². The standard InChI is InChI=1S/C11H22O4/c1-2-3-6-13-8-10-15-11-9-14-7-4-5-12/h5H,2-4,6-11H2,1H3. The number of aldehydes is 1. The molecule has 90 valence electrons. The first kappa shape index (κ1) is 14.6. The number of ether oxygens (including phenoxy) is 3. The second-order valence-electron chi connectivity index (χ2n) is 3.15. The molecular weight excluding hydrogens is 196 g/mol. The van der Waals surface area contributed by atoms with E-state index in [0.717, 1.165) is 25.7 Å². The minimum Gasteiger partial charge on any atom is -0.379 e. The number of hydrogen-bond donors (Lipinski definition) is 0. The number of carbonyl (C=O) groups excluding carboxylic acids is 1. The Morgan fingerprint density at radius 3 is 1.93 bits per heavy atom. The first-order valence-corrected chi connectivity index (χ1v) is 5.58. The molecule has 0 unspecified atom stereocenters. The Bertz CT molecular complexity index is 128. The number of carbonyl (C=O) groups is 1. The van der Waals surface area contributed by atoms with Gasteiger partial charge in [-0.3, -0.25) is 0 Å². The molecule has 0 fully saturated rings. The zero-order valence-corrected chi connectivity index (χ0v) is 9.57. The second kappa shape index (κ2) is 13.5. The summed E-state index contributed by atoms with van der Waals surface area (Å²) in [6.07, 6.45) is 3.57. The molecule has 0 N–H and O–H groups in total. The van der Waals surface area contributed by atoms with E-state index in [4.69, 9.17) is 14.2 Å². The lowest BCUT2D eigenvalue weighted by molar-refractivity contribution is -0.108. The average molecular weight is 218 g/mol. The van der Waals surface area contributed by atoms with Gasteiger partial charge < -0.3 is 19.0 Å². The summed E-state index contributed by atoms with van der Waals surface area (Å²) in [6, 6.07) is 0. The third-order valence-electron chi connectivity index (χ3n) is 1.77. The van der Waals surface area contributed by atoms with Crippen molar-refractivity contribution in [2.45, 2.75) is 26.2 Å². The second-order valence-corrected chi connectivity index (χ2v) is 3.15. The molecule has 0 spiro atoms. The van der Waals surface area contributed by atoms with E-state index in [0.29, 0.717) is 39.5 Å². The van der Waals surface area contributed by atoms with Crippen molar-refractivity contribution in [1.82, 2.24) is 0 Å². The molecule has 0 aromatic carbocycles. The molecule has 0 aliphatic carbocycles. The highest BCUT2D eigenvalue weighted by Gasteiger charge is 1.91. The third-order valence-corrected chi connectivity index (χ3v) is 1.77. The molecule has 0 amide bonds. The topological polar surface area (TPSA) is 44.8 Å². The number of rotatable bonds is 12. The van der Waals surface area contributed by atoms with Crippen LogP contribution in [0.3, 0.4) is 0 Å². The SMILES string of the molecule is CCCCOCCOCCOCCC=O. The van der Waals surface area contributed by atoms with Crippen molar-refractivity contribution < 1.29 is 19.0 Å². The van der Waals surface area contributed by atoms with Gasteiger partial charge in [-0.15, -0.1) is 0 Å². The van der Waals surface area contributed by atoms with Crippen LogP contribution in [0.25, 0.3) is 0 Å². The van der Waals surface area contributed by atoms with Gasteiger partial charge in [-0.1, -0.05) is 13.3 Å². The smallest absolute Gasteiger partial charge is 0.122 e. The zero-order valence-electron chi connectivity index (χ0n) is 9.57. The van der Waals surface area contributed by atoms with Crippen molar-refractivity contribution in [3.8, 4) is 0 Å². The lowest BCUT2D eigenvalue weighted by Gasteiger charge is -2.05. The summed E-state index contributed by atoms with van der Waals surface area (Å²) in [7, 11) is 0. The Kier molecular flexibility index (Phi) is 13.1. The maximum absolute atomic E-state index is 9.94. The largest absolute Gasteiger partial charge is 0.379 e. The van der Waals surface area contributed by atoms with Crippen molar-refractivity contribution in [2.75, 3.05) is 39.6 Å². The van der Waals surface area contributed by atoms with E-state index in [2.05, 4.69) is 6.92 Å². The van der Waals surface area contributed by atoms with Gasteiger partial charge in [0.2, 0.25) is 0 Å². The van der Waals surface area contributed by atoms with Crippen LogP contribution in [-0.2, 0) is 19.0 Å². The fourth-order valence-corrected chi connectivity index (χ4v) is 0.920. The van der Waals surface area contributed by atoms with E-state index in [-0.39, 0.29) is 0 Å². The molecule has 0 aromatic heterocycles. The zero-order chi connectivity index (χ0) is 11.2. The fraction of sp³-hybridized carbons (Fsp3) is 0.909. The maximum Gasteiger partial charge on any atom is 0.122 e. The van der Waals surface area contributed by atoms with Crippen molar-refractivity contribution in [3.63, 3.8) is 0 Å². The summed E-state index contributed by atoms with van der Waals surface area (Å²) in [4.78, 5) is 9.94. The number of unbranched alkanes of at least 4 members (excludes halogenated alkanes) is 1. The molecule has 0 radical (unpaired) electrons. The molecule has 0 rings (SSSR count). The van der Waals surface area contributed by atoms with Crippen LogP contribution in [0.15, 0.2) is 0 Å². The van der Waals surface area contributed by atoms with Gasteiger partial charge in [-0.25, -0.2) is 0 Å². The van der Waals surface area contributed by atoms with Gasteiger partial charge in [0.25, 0.3) is 0 Å². The Morgan fingerprint density at radius 1 is 0.867 bits per heavy atom. The van der Waals surface area contributed by atoms with Gasteiger partial charge in [-0.05, 0) is 6.42 Å². The predicted molar refractivity (Wildman–Crippen MR) is 58.0 cm³/mol. The summed E-state index contributed by atoms with van der Waals surface area (Å²) >= 11 is 0. The van der Waals surface area contributed by atoms with E-state index in [1.165, 1.54) is 0 Å². The Labute approximate surface area is 91.9 Å². The molecule has 0 aliphatic heterocycles. The quantitative estimate of drug-likeness (QED) is 0.367. The van der Waals surface area contributed by atoms with E-state index in [1.54, 1.807) is 0 Å². The number of hydrogen-bond acceptors (Lipinski definition) is 4. The van der Waals surface area contributed by atoms with Gasteiger partial charge in [-0.2, -0.15) is 0 Å². The Morgan fingerprint density at radius 2 is 1.40 bits per heavy atom. The first-order valence-electron chi connectivity index (χ1n) is 5.58. The molecule has 0 saturated carbocycles. The lowest BCUT2D eigenvalue weighted by Crippen LogP contribution is -2.10. The summed E-state index contributed by atoms with van der Waals surface area (Å²) < 4.78 is 15.7. The van der Waals surface area contributed by atoms with Gasteiger partial charge in [0.05, 0.1) is 33.0 Å². The van der Waals surface area contributed by atoms with Gasteiger partial charge in [0.1, 0.15) is 6.29 Å². The monoisotopic (exact) mass is 218 g/mol.